The van der Waals surface area contributed by atoms with E-state index in [1.165, 1.54) is 11.0 Å². The molecule has 1 amide bonds. The lowest BCUT2D eigenvalue weighted by Crippen LogP contribution is -3.15. The zero-order valence-electron chi connectivity index (χ0n) is 15.0. The van der Waals surface area contributed by atoms with Crippen molar-refractivity contribution in [1.29, 1.82) is 0 Å². The van der Waals surface area contributed by atoms with Gasteiger partial charge in [-0.2, -0.15) is 0 Å². The molecular formula is C20H25FN3O2+. The zero-order valence-corrected chi connectivity index (χ0v) is 15.0. The topological polar surface area (TPSA) is 46.0 Å². The molecule has 0 atom stereocenters. The van der Waals surface area contributed by atoms with Crippen LogP contribution in [0.25, 0.3) is 0 Å². The molecule has 0 unspecified atom stereocenters. The summed E-state index contributed by atoms with van der Waals surface area (Å²) in [6.07, 6.45) is 0. The smallest absolute Gasteiger partial charge is 0.275 e. The molecule has 1 saturated heterocycles. The molecule has 1 aliphatic heterocycles. The number of carbonyl (C=O) groups excluding carboxylic acids is 1. The second-order valence-electron chi connectivity index (χ2n) is 6.48. The summed E-state index contributed by atoms with van der Waals surface area (Å²) in [5.41, 5.74) is 1.66. The van der Waals surface area contributed by atoms with Crippen LogP contribution in [0.15, 0.2) is 48.5 Å². The SMILES string of the molecule is COc1cccc(N2CC[NH+](CC(=O)NCc3ccccc3F)CC2)c1. The Morgan fingerprint density at radius 1 is 1.19 bits per heavy atom. The molecule has 0 radical (unpaired) electrons. The Labute approximate surface area is 153 Å². The fourth-order valence-electron chi connectivity index (χ4n) is 3.19. The quantitative estimate of drug-likeness (QED) is 0.805. The van der Waals surface area contributed by atoms with Crippen molar-refractivity contribution < 1.29 is 18.8 Å². The highest BCUT2D eigenvalue weighted by Crippen LogP contribution is 2.20. The average molecular weight is 358 g/mol. The van der Waals surface area contributed by atoms with Gasteiger partial charge in [-0.1, -0.05) is 24.3 Å². The van der Waals surface area contributed by atoms with Crippen LogP contribution in [0, 0.1) is 5.82 Å². The van der Waals surface area contributed by atoms with Gasteiger partial charge in [-0.15, -0.1) is 0 Å². The molecule has 26 heavy (non-hydrogen) atoms. The third-order valence-corrected chi connectivity index (χ3v) is 4.73. The van der Waals surface area contributed by atoms with Crippen molar-refractivity contribution in [3.63, 3.8) is 0 Å². The van der Waals surface area contributed by atoms with Crippen molar-refractivity contribution in [3.05, 3.63) is 59.9 Å². The van der Waals surface area contributed by atoms with Crippen molar-refractivity contribution in [2.75, 3.05) is 44.7 Å². The number of nitrogens with one attached hydrogen (secondary N) is 2. The van der Waals surface area contributed by atoms with Crippen molar-refractivity contribution >= 4 is 11.6 Å². The van der Waals surface area contributed by atoms with Crippen LogP contribution in [0.5, 0.6) is 5.75 Å². The van der Waals surface area contributed by atoms with Gasteiger partial charge in [-0.25, -0.2) is 4.39 Å². The minimum absolute atomic E-state index is 0.0434. The van der Waals surface area contributed by atoms with E-state index in [0.29, 0.717) is 12.1 Å². The van der Waals surface area contributed by atoms with Crippen LogP contribution in [0.2, 0.25) is 0 Å². The predicted octanol–water partition coefficient (Wildman–Crippen LogP) is 0.856. The molecule has 2 aromatic carbocycles. The number of piperazine rings is 1. The largest absolute Gasteiger partial charge is 0.497 e. The maximum atomic E-state index is 13.6. The predicted molar refractivity (Wildman–Crippen MR) is 99.0 cm³/mol. The summed E-state index contributed by atoms with van der Waals surface area (Å²) >= 11 is 0. The third-order valence-electron chi connectivity index (χ3n) is 4.73. The van der Waals surface area contributed by atoms with Gasteiger partial charge < -0.3 is 19.9 Å². The molecule has 1 aliphatic rings. The maximum absolute atomic E-state index is 13.6. The summed E-state index contributed by atoms with van der Waals surface area (Å²) < 4.78 is 18.9. The van der Waals surface area contributed by atoms with Crippen LogP contribution in [-0.2, 0) is 11.3 Å². The van der Waals surface area contributed by atoms with E-state index >= 15 is 0 Å². The number of quaternary nitrogens is 1. The summed E-state index contributed by atoms with van der Waals surface area (Å²) in [6, 6.07) is 14.6. The van der Waals surface area contributed by atoms with Crippen LogP contribution < -0.4 is 19.9 Å². The van der Waals surface area contributed by atoms with Crippen molar-refractivity contribution in [3.8, 4) is 5.75 Å². The summed E-state index contributed by atoms with van der Waals surface area (Å²) in [5.74, 6) is 0.523. The first-order valence-corrected chi connectivity index (χ1v) is 8.88. The fourth-order valence-corrected chi connectivity index (χ4v) is 3.19. The standard InChI is InChI=1S/C20H24FN3O2/c1-26-18-7-4-6-17(13-18)24-11-9-23(10-12-24)15-20(25)22-14-16-5-2-3-8-19(16)21/h2-8,13H,9-12,14-15H2,1H3,(H,22,25)/p+1. The third kappa shape index (κ3) is 4.73. The summed E-state index contributed by atoms with van der Waals surface area (Å²) in [4.78, 5) is 15.7. The van der Waals surface area contributed by atoms with E-state index in [4.69, 9.17) is 4.74 Å². The first-order valence-electron chi connectivity index (χ1n) is 8.88. The van der Waals surface area contributed by atoms with Crippen molar-refractivity contribution in [2.24, 2.45) is 0 Å². The number of ether oxygens (including phenoxy) is 1. The minimum Gasteiger partial charge on any atom is -0.497 e. The number of carbonyl (C=O) groups is 1. The molecule has 1 heterocycles. The number of methoxy groups -OCH3 is 1. The number of halogens is 1. The molecule has 1 fully saturated rings. The molecule has 3 rings (SSSR count). The second-order valence-corrected chi connectivity index (χ2v) is 6.48. The van der Waals surface area contributed by atoms with E-state index in [2.05, 4.69) is 16.3 Å². The first-order chi connectivity index (χ1) is 12.7. The summed E-state index contributed by atoms with van der Waals surface area (Å²) in [6.45, 7) is 4.22. The van der Waals surface area contributed by atoms with Gasteiger partial charge in [0.25, 0.3) is 5.91 Å². The van der Waals surface area contributed by atoms with Gasteiger partial charge in [0.15, 0.2) is 6.54 Å². The Bertz CT molecular complexity index is 745. The Balaban J connectivity index is 1.44. The molecular weight excluding hydrogens is 333 g/mol. The average Bonchev–Trinajstić information content (AvgIpc) is 2.68. The Morgan fingerprint density at radius 3 is 2.69 bits per heavy atom. The van der Waals surface area contributed by atoms with Crippen molar-refractivity contribution in [1.82, 2.24) is 5.32 Å². The van der Waals surface area contributed by atoms with E-state index in [-0.39, 0.29) is 18.3 Å². The highest BCUT2D eigenvalue weighted by molar-refractivity contribution is 5.76. The molecule has 0 spiro atoms. The van der Waals surface area contributed by atoms with Gasteiger partial charge in [0, 0.05) is 23.9 Å². The Morgan fingerprint density at radius 2 is 1.96 bits per heavy atom. The number of amides is 1. The van der Waals surface area contributed by atoms with Gasteiger partial charge in [-0.3, -0.25) is 4.79 Å². The van der Waals surface area contributed by atoms with Gasteiger partial charge in [-0.05, 0) is 18.2 Å². The zero-order chi connectivity index (χ0) is 18.4. The number of anilines is 1. The molecule has 2 aromatic rings. The fraction of sp³-hybridized carbons (Fsp3) is 0.350. The van der Waals surface area contributed by atoms with Crippen LogP contribution in [-0.4, -0.2) is 45.7 Å². The lowest BCUT2D eigenvalue weighted by atomic mass is 10.2. The van der Waals surface area contributed by atoms with Crippen molar-refractivity contribution in [2.45, 2.75) is 6.54 Å². The molecule has 2 N–H and O–H groups in total. The van der Waals surface area contributed by atoms with E-state index in [1.807, 2.05) is 18.2 Å². The van der Waals surface area contributed by atoms with Crippen LogP contribution in [0.3, 0.4) is 0 Å². The Kier molecular flexibility index (Phi) is 6.07. The van der Waals surface area contributed by atoms with E-state index in [9.17, 15) is 9.18 Å². The molecule has 0 saturated carbocycles. The lowest BCUT2D eigenvalue weighted by Gasteiger charge is -2.33. The first kappa shape index (κ1) is 18.2. The monoisotopic (exact) mass is 358 g/mol. The normalized spacial score (nSPS) is 14.9. The van der Waals surface area contributed by atoms with Gasteiger partial charge in [0.2, 0.25) is 0 Å². The molecule has 5 nitrogen and oxygen atoms in total. The van der Waals surface area contributed by atoms with E-state index < -0.39 is 0 Å². The number of hydrogen-bond acceptors (Lipinski definition) is 3. The number of nitrogens with zero attached hydrogens (tertiary/aromatic N) is 1. The van der Waals surface area contributed by atoms with Gasteiger partial charge >= 0.3 is 0 Å². The molecule has 0 bridgehead atoms. The molecule has 0 aromatic heterocycles. The van der Waals surface area contributed by atoms with Crippen LogP contribution >= 0.6 is 0 Å². The molecule has 0 aliphatic carbocycles. The number of hydrogen-bond donors (Lipinski definition) is 2. The highest BCUT2D eigenvalue weighted by atomic mass is 19.1. The van der Waals surface area contributed by atoms with E-state index in [1.54, 1.807) is 25.3 Å². The summed E-state index contributed by atoms with van der Waals surface area (Å²) in [5, 5.41) is 2.82. The second kappa shape index (κ2) is 8.67. The highest BCUT2D eigenvalue weighted by Gasteiger charge is 2.22. The molecule has 6 heteroatoms. The number of rotatable bonds is 6. The Hall–Kier alpha value is -2.60. The van der Waals surface area contributed by atoms with Gasteiger partial charge in [0.1, 0.15) is 11.6 Å². The maximum Gasteiger partial charge on any atom is 0.275 e. The van der Waals surface area contributed by atoms with Crippen LogP contribution in [0.4, 0.5) is 10.1 Å². The number of benzene rings is 2. The minimum atomic E-state index is -0.285. The van der Waals surface area contributed by atoms with Gasteiger partial charge in [0.05, 0.1) is 33.3 Å². The van der Waals surface area contributed by atoms with E-state index in [0.717, 1.165) is 37.6 Å². The lowest BCUT2D eigenvalue weighted by molar-refractivity contribution is -0.892. The summed E-state index contributed by atoms with van der Waals surface area (Å²) in [7, 11) is 1.67. The molecule has 138 valence electrons. The van der Waals surface area contributed by atoms with Crippen LogP contribution in [0.1, 0.15) is 5.56 Å².